The van der Waals surface area contributed by atoms with E-state index in [-0.39, 0.29) is 11.5 Å². The Morgan fingerprint density at radius 3 is 3.07 bits per heavy atom. The van der Waals surface area contributed by atoms with Crippen LogP contribution in [0, 0.1) is 5.82 Å². The van der Waals surface area contributed by atoms with Crippen molar-refractivity contribution in [1.82, 2.24) is 0 Å². The van der Waals surface area contributed by atoms with E-state index in [0.717, 1.165) is 0 Å². The summed E-state index contributed by atoms with van der Waals surface area (Å²) in [5, 5.41) is 0. The van der Waals surface area contributed by atoms with Crippen LogP contribution in [0.25, 0.3) is 6.08 Å². The molecule has 0 atom stereocenters. The molecule has 0 amide bonds. The maximum absolute atomic E-state index is 13.3. The summed E-state index contributed by atoms with van der Waals surface area (Å²) in [5.74, 6) is -0.310. The van der Waals surface area contributed by atoms with Gasteiger partial charge in [-0.1, -0.05) is 0 Å². The molecular weight excluding hydrogens is 199 g/mol. The van der Waals surface area contributed by atoms with Gasteiger partial charge in [-0.3, -0.25) is 4.79 Å². The predicted molar refractivity (Wildman–Crippen MR) is 52.2 cm³/mol. The van der Waals surface area contributed by atoms with E-state index in [9.17, 15) is 9.18 Å². The molecule has 0 saturated carbocycles. The summed E-state index contributed by atoms with van der Waals surface area (Å²) < 4.78 is 23.5. The third-order valence-corrected chi connectivity index (χ3v) is 1.97. The van der Waals surface area contributed by atoms with Gasteiger partial charge in [0.2, 0.25) is 0 Å². The Bertz CT molecular complexity index is 438. The highest BCUT2D eigenvalue weighted by molar-refractivity contribution is 5.73. The Morgan fingerprint density at radius 1 is 1.53 bits per heavy atom. The maximum atomic E-state index is 13.3. The van der Waals surface area contributed by atoms with Gasteiger partial charge in [0.1, 0.15) is 12.4 Å². The minimum absolute atomic E-state index is 0.253. The molecule has 0 fully saturated rings. The SMILES string of the molecule is CC(=O)Oc1ccc(F)c2c1OCC=C2. The lowest BCUT2D eigenvalue weighted by atomic mass is 10.1. The van der Waals surface area contributed by atoms with E-state index in [0.29, 0.717) is 12.2 Å². The van der Waals surface area contributed by atoms with Crippen LogP contribution in [-0.2, 0) is 4.79 Å². The molecule has 1 aromatic rings. The van der Waals surface area contributed by atoms with Crippen molar-refractivity contribution in [2.24, 2.45) is 0 Å². The largest absolute Gasteiger partial charge is 0.485 e. The third-order valence-electron chi connectivity index (χ3n) is 1.97. The number of hydrogen-bond acceptors (Lipinski definition) is 3. The molecule has 1 heterocycles. The lowest BCUT2D eigenvalue weighted by molar-refractivity contribution is -0.132. The van der Waals surface area contributed by atoms with Crippen LogP contribution in [0.1, 0.15) is 12.5 Å². The summed E-state index contributed by atoms with van der Waals surface area (Å²) in [6, 6.07) is 2.63. The summed E-state index contributed by atoms with van der Waals surface area (Å²) in [6.45, 7) is 1.64. The van der Waals surface area contributed by atoms with Gasteiger partial charge >= 0.3 is 5.97 Å². The lowest BCUT2D eigenvalue weighted by Crippen LogP contribution is -2.08. The molecule has 0 unspecified atom stereocenters. The molecule has 0 bridgehead atoms. The van der Waals surface area contributed by atoms with Gasteiger partial charge in [0.15, 0.2) is 11.5 Å². The van der Waals surface area contributed by atoms with E-state index in [2.05, 4.69) is 0 Å². The minimum atomic E-state index is -0.457. The monoisotopic (exact) mass is 208 g/mol. The first-order valence-corrected chi connectivity index (χ1v) is 4.49. The number of fused-ring (bicyclic) bond motifs is 1. The molecule has 0 spiro atoms. The molecule has 1 aromatic carbocycles. The van der Waals surface area contributed by atoms with Gasteiger partial charge in [-0.25, -0.2) is 4.39 Å². The summed E-state index contributed by atoms with van der Waals surface area (Å²) in [4.78, 5) is 10.8. The highest BCUT2D eigenvalue weighted by Gasteiger charge is 2.17. The summed E-state index contributed by atoms with van der Waals surface area (Å²) in [6.07, 6.45) is 3.31. The van der Waals surface area contributed by atoms with Crippen LogP contribution in [0.2, 0.25) is 0 Å². The summed E-state index contributed by atoms with van der Waals surface area (Å²) in [5.41, 5.74) is 0.319. The standard InChI is InChI=1S/C11H9FO3/c1-7(13)15-10-5-4-9(12)8-3-2-6-14-11(8)10/h2-5H,6H2,1H3. The zero-order chi connectivity index (χ0) is 10.8. The van der Waals surface area contributed by atoms with Crippen LogP contribution in [0.5, 0.6) is 11.5 Å². The molecule has 2 rings (SSSR count). The normalized spacial score (nSPS) is 12.9. The molecule has 4 heteroatoms. The van der Waals surface area contributed by atoms with E-state index in [1.165, 1.54) is 19.1 Å². The van der Waals surface area contributed by atoms with Gasteiger partial charge < -0.3 is 9.47 Å². The van der Waals surface area contributed by atoms with Gasteiger partial charge in [0.05, 0.1) is 5.56 Å². The Balaban J connectivity index is 2.49. The number of ether oxygens (including phenoxy) is 2. The fraction of sp³-hybridized carbons (Fsp3) is 0.182. The zero-order valence-corrected chi connectivity index (χ0v) is 8.12. The highest BCUT2D eigenvalue weighted by Crippen LogP contribution is 2.36. The predicted octanol–water partition coefficient (Wildman–Crippen LogP) is 2.16. The highest BCUT2D eigenvalue weighted by atomic mass is 19.1. The second-order valence-corrected chi connectivity index (χ2v) is 3.10. The van der Waals surface area contributed by atoms with Crippen molar-refractivity contribution in [1.29, 1.82) is 0 Å². The fourth-order valence-corrected chi connectivity index (χ4v) is 1.39. The molecule has 0 aromatic heterocycles. The molecule has 3 nitrogen and oxygen atoms in total. The van der Waals surface area contributed by atoms with E-state index in [1.54, 1.807) is 12.2 Å². The van der Waals surface area contributed by atoms with Gasteiger partial charge in [0.25, 0.3) is 0 Å². The van der Waals surface area contributed by atoms with Gasteiger partial charge in [0, 0.05) is 6.92 Å². The van der Waals surface area contributed by atoms with Crippen molar-refractivity contribution in [2.75, 3.05) is 6.61 Å². The van der Waals surface area contributed by atoms with Crippen LogP contribution < -0.4 is 9.47 Å². The average molecular weight is 208 g/mol. The van der Waals surface area contributed by atoms with Crippen LogP contribution in [0.3, 0.4) is 0 Å². The maximum Gasteiger partial charge on any atom is 0.308 e. The van der Waals surface area contributed by atoms with Gasteiger partial charge in [-0.15, -0.1) is 0 Å². The van der Waals surface area contributed by atoms with Crippen molar-refractivity contribution < 1.29 is 18.7 Å². The van der Waals surface area contributed by atoms with Gasteiger partial charge in [-0.2, -0.15) is 0 Å². The molecule has 1 aliphatic heterocycles. The second kappa shape index (κ2) is 3.73. The number of carbonyl (C=O) groups excluding carboxylic acids is 1. The number of esters is 1. The van der Waals surface area contributed by atoms with E-state index >= 15 is 0 Å². The van der Waals surface area contributed by atoms with Crippen LogP contribution in [0.4, 0.5) is 4.39 Å². The molecule has 0 aliphatic carbocycles. The lowest BCUT2D eigenvalue weighted by Gasteiger charge is -2.16. The Morgan fingerprint density at radius 2 is 2.33 bits per heavy atom. The third kappa shape index (κ3) is 1.83. The first-order valence-electron chi connectivity index (χ1n) is 4.49. The first kappa shape index (κ1) is 9.71. The Kier molecular flexibility index (Phi) is 2.41. The fourth-order valence-electron chi connectivity index (χ4n) is 1.39. The summed E-state index contributed by atoms with van der Waals surface area (Å²) in [7, 11) is 0. The van der Waals surface area contributed by atoms with E-state index in [1.807, 2.05) is 0 Å². The number of carbonyl (C=O) groups is 1. The molecule has 0 saturated heterocycles. The molecule has 0 N–H and O–H groups in total. The minimum Gasteiger partial charge on any atom is -0.485 e. The summed E-state index contributed by atoms with van der Waals surface area (Å²) >= 11 is 0. The van der Waals surface area contributed by atoms with Crippen LogP contribution >= 0.6 is 0 Å². The zero-order valence-electron chi connectivity index (χ0n) is 8.12. The van der Waals surface area contributed by atoms with Crippen LogP contribution in [0.15, 0.2) is 18.2 Å². The average Bonchev–Trinajstić information content (AvgIpc) is 2.22. The number of benzene rings is 1. The van der Waals surface area contributed by atoms with Crippen molar-refractivity contribution in [3.8, 4) is 11.5 Å². The van der Waals surface area contributed by atoms with Crippen molar-refractivity contribution in [3.05, 3.63) is 29.6 Å². The molecular formula is C11H9FO3. The van der Waals surface area contributed by atoms with E-state index < -0.39 is 11.8 Å². The topological polar surface area (TPSA) is 35.5 Å². The Labute approximate surface area is 86.1 Å². The van der Waals surface area contributed by atoms with Gasteiger partial charge in [-0.05, 0) is 24.3 Å². The Hall–Kier alpha value is -1.84. The molecule has 15 heavy (non-hydrogen) atoms. The van der Waals surface area contributed by atoms with Crippen molar-refractivity contribution >= 4 is 12.0 Å². The quantitative estimate of drug-likeness (QED) is 0.524. The second-order valence-electron chi connectivity index (χ2n) is 3.10. The van der Waals surface area contributed by atoms with E-state index in [4.69, 9.17) is 9.47 Å². The van der Waals surface area contributed by atoms with Crippen LogP contribution in [-0.4, -0.2) is 12.6 Å². The molecule has 78 valence electrons. The number of halogens is 1. The number of rotatable bonds is 1. The molecule has 1 aliphatic rings. The first-order chi connectivity index (χ1) is 7.18. The number of hydrogen-bond donors (Lipinski definition) is 0. The van der Waals surface area contributed by atoms with Crippen molar-refractivity contribution in [3.63, 3.8) is 0 Å². The smallest absolute Gasteiger partial charge is 0.308 e. The molecule has 0 radical (unpaired) electrons. The van der Waals surface area contributed by atoms with Crippen molar-refractivity contribution in [2.45, 2.75) is 6.92 Å².